The molecule has 5 rings (SSSR count). The molecule has 208 valence electrons. The van der Waals surface area contributed by atoms with E-state index in [0.29, 0.717) is 54.1 Å². The molecule has 1 amide bonds. The van der Waals surface area contributed by atoms with Gasteiger partial charge in [-0.05, 0) is 36.2 Å². The fraction of sp³-hybridized carbons (Fsp3) is 0.310. The highest BCUT2D eigenvalue weighted by Gasteiger charge is 2.25. The Morgan fingerprint density at radius 2 is 2.00 bits per heavy atom. The minimum Gasteiger partial charge on any atom is -0.493 e. The summed E-state index contributed by atoms with van der Waals surface area (Å²) in [6.07, 6.45) is 3.79. The van der Waals surface area contributed by atoms with Gasteiger partial charge in [-0.2, -0.15) is 0 Å². The molecule has 11 nitrogen and oxygen atoms in total. The van der Waals surface area contributed by atoms with Gasteiger partial charge in [0.25, 0.3) is 5.91 Å². The van der Waals surface area contributed by atoms with E-state index in [2.05, 4.69) is 37.8 Å². The maximum absolute atomic E-state index is 12.6. The van der Waals surface area contributed by atoms with Crippen molar-refractivity contribution in [1.82, 2.24) is 20.3 Å². The van der Waals surface area contributed by atoms with E-state index in [9.17, 15) is 4.79 Å². The number of benzene rings is 2. The van der Waals surface area contributed by atoms with E-state index in [4.69, 9.17) is 19.9 Å². The number of nitrogen functional groups attached to an aromatic ring is 1. The van der Waals surface area contributed by atoms with Crippen molar-refractivity contribution in [2.45, 2.75) is 32.0 Å². The Hall–Kier alpha value is -4.48. The molecule has 0 saturated carbocycles. The number of carbonyl (C=O) groups excluding carboxylic acids is 1. The molecule has 1 fully saturated rings. The summed E-state index contributed by atoms with van der Waals surface area (Å²) >= 11 is 0. The lowest BCUT2D eigenvalue weighted by Gasteiger charge is -2.31. The SMILES string of the molecule is CCC(Oc1cc2c(NCc3ccc(C(=O)Nc4ccnc(N)c4)cc3)ncnc2cc1OC)C1COCCN1. The molecule has 4 aromatic rings. The van der Waals surface area contributed by atoms with E-state index >= 15 is 0 Å². The van der Waals surface area contributed by atoms with Gasteiger partial charge < -0.3 is 35.9 Å². The van der Waals surface area contributed by atoms with Crippen LogP contribution in [0, 0.1) is 0 Å². The van der Waals surface area contributed by atoms with Crippen LogP contribution in [0.5, 0.6) is 11.5 Å². The predicted molar refractivity (Wildman–Crippen MR) is 154 cm³/mol. The molecule has 1 aliphatic rings. The Labute approximate surface area is 232 Å². The maximum atomic E-state index is 12.6. The summed E-state index contributed by atoms with van der Waals surface area (Å²) in [4.78, 5) is 25.5. The molecule has 0 spiro atoms. The molecule has 40 heavy (non-hydrogen) atoms. The predicted octanol–water partition coefficient (Wildman–Crippen LogP) is 3.63. The molecule has 2 aromatic heterocycles. The van der Waals surface area contributed by atoms with E-state index in [1.165, 1.54) is 6.33 Å². The number of nitrogens with two attached hydrogens (primary N) is 1. The van der Waals surface area contributed by atoms with Gasteiger partial charge in [-0.3, -0.25) is 4.79 Å². The highest BCUT2D eigenvalue weighted by molar-refractivity contribution is 6.04. The van der Waals surface area contributed by atoms with Gasteiger partial charge in [0.1, 0.15) is 24.1 Å². The molecule has 2 atom stereocenters. The van der Waals surface area contributed by atoms with Crippen molar-refractivity contribution in [2.75, 3.05) is 43.2 Å². The summed E-state index contributed by atoms with van der Waals surface area (Å²) in [6, 6.07) is 14.5. The first-order chi connectivity index (χ1) is 19.5. The lowest BCUT2D eigenvalue weighted by Crippen LogP contribution is -2.50. The first-order valence-corrected chi connectivity index (χ1v) is 13.2. The summed E-state index contributed by atoms with van der Waals surface area (Å²) in [5.74, 6) is 2.01. The number of hydrogen-bond donors (Lipinski definition) is 4. The molecular formula is C29H33N7O4. The van der Waals surface area contributed by atoms with Gasteiger partial charge in [0.2, 0.25) is 0 Å². The van der Waals surface area contributed by atoms with E-state index < -0.39 is 0 Å². The molecule has 0 aliphatic carbocycles. The van der Waals surface area contributed by atoms with Crippen LogP contribution in [-0.2, 0) is 11.3 Å². The number of carbonyl (C=O) groups is 1. The van der Waals surface area contributed by atoms with Crippen LogP contribution in [0.1, 0.15) is 29.3 Å². The summed E-state index contributed by atoms with van der Waals surface area (Å²) in [6.45, 7) is 4.69. The third kappa shape index (κ3) is 6.38. The number of amides is 1. The smallest absolute Gasteiger partial charge is 0.255 e. The van der Waals surface area contributed by atoms with Gasteiger partial charge in [-0.15, -0.1) is 0 Å². The highest BCUT2D eigenvalue weighted by atomic mass is 16.5. The van der Waals surface area contributed by atoms with Gasteiger partial charge in [0, 0.05) is 48.1 Å². The van der Waals surface area contributed by atoms with Gasteiger partial charge >= 0.3 is 0 Å². The first kappa shape index (κ1) is 27.1. The van der Waals surface area contributed by atoms with Crippen molar-refractivity contribution in [3.8, 4) is 11.5 Å². The Morgan fingerprint density at radius 1 is 1.15 bits per heavy atom. The number of pyridine rings is 1. The molecule has 2 unspecified atom stereocenters. The number of anilines is 3. The van der Waals surface area contributed by atoms with Crippen LogP contribution in [0.3, 0.4) is 0 Å². The van der Waals surface area contributed by atoms with Crippen LogP contribution < -0.4 is 31.2 Å². The number of aromatic nitrogens is 3. The summed E-state index contributed by atoms with van der Waals surface area (Å²) in [5, 5.41) is 10.5. The van der Waals surface area contributed by atoms with Crippen molar-refractivity contribution in [3.63, 3.8) is 0 Å². The number of ether oxygens (including phenoxy) is 3. The van der Waals surface area contributed by atoms with E-state index in [1.54, 1.807) is 37.6 Å². The van der Waals surface area contributed by atoms with Crippen molar-refractivity contribution >= 4 is 34.1 Å². The first-order valence-electron chi connectivity index (χ1n) is 13.2. The minimum atomic E-state index is -0.228. The van der Waals surface area contributed by atoms with Crippen LogP contribution in [-0.4, -0.2) is 59.9 Å². The minimum absolute atomic E-state index is 0.0840. The van der Waals surface area contributed by atoms with Crippen molar-refractivity contribution in [1.29, 1.82) is 0 Å². The Kier molecular flexibility index (Phi) is 8.53. The van der Waals surface area contributed by atoms with Crippen molar-refractivity contribution in [2.24, 2.45) is 0 Å². The van der Waals surface area contributed by atoms with E-state index in [0.717, 1.165) is 29.4 Å². The fourth-order valence-corrected chi connectivity index (χ4v) is 4.58. The van der Waals surface area contributed by atoms with Gasteiger partial charge in [0.15, 0.2) is 11.5 Å². The second-order valence-electron chi connectivity index (χ2n) is 9.42. The zero-order chi connectivity index (χ0) is 27.9. The Balaban J connectivity index is 1.29. The lowest BCUT2D eigenvalue weighted by atomic mass is 10.1. The van der Waals surface area contributed by atoms with Gasteiger partial charge in [-0.25, -0.2) is 15.0 Å². The van der Waals surface area contributed by atoms with E-state index in [1.807, 2.05) is 24.3 Å². The van der Waals surface area contributed by atoms with E-state index in [-0.39, 0.29) is 18.1 Å². The van der Waals surface area contributed by atoms with Gasteiger partial charge in [-0.1, -0.05) is 19.1 Å². The molecule has 0 radical (unpaired) electrons. The van der Waals surface area contributed by atoms with Crippen LogP contribution in [0.2, 0.25) is 0 Å². The maximum Gasteiger partial charge on any atom is 0.255 e. The molecule has 1 saturated heterocycles. The third-order valence-electron chi connectivity index (χ3n) is 6.72. The second-order valence-corrected chi connectivity index (χ2v) is 9.42. The molecule has 0 bridgehead atoms. The summed E-state index contributed by atoms with van der Waals surface area (Å²) in [5.41, 5.74) is 8.53. The summed E-state index contributed by atoms with van der Waals surface area (Å²) in [7, 11) is 1.62. The second kappa shape index (κ2) is 12.6. The zero-order valence-corrected chi connectivity index (χ0v) is 22.5. The normalized spacial score (nSPS) is 15.8. The van der Waals surface area contributed by atoms with Crippen LogP contribution in [0.25, 0.3) is 10.9 Å². The topological polar surface area (TPSA) is 146 Å². The number of nitrogens with zero attached hydrogens (tertiary/aromatic N) is 3. The molecule has 5 N–H and O–H groups in total. The third-order valence-corrected chi connectivity index (χ3v) is 6.72. The molecule has 1 aliphatic heterocycles. The van der Waals surface area contributed by atoms with Crippen LogP contribution in [0.15, 0.2) is 61.1 Å². The Morgan fingerprint density at radius 3 is 2.73 bits per heavy atom. The molecule has 3 heterocycles. The number of nitrogens with one attached hydrogen (secondary N) is 3. The van der Waals surface area contributed by atoms with Crippen molar-refractivity contribution in [3.05, 3.63) is 72.2 Å². The highest BCUT2D eigenvalue weighted by Crippen LogP contribution is 2.35. The molecule has 2 aromatic carbocycles. The molecular weight excluding hydrogens is 510 g/mol. The van der Waals surface area contributed by atoms with Gasteiger partial charge in [0.05, 0.1) is 31.9 Å². The summed E-state index contributed by atoms with van der Waals surface area (Å²) < 4.78 is 17.7. The standard InChI is InChI=1S/C29H33N7O4/c1-3-24(23-16-39-11-10-31-23)40-26-13-21-22(14-25(26)38-2)34-17-35-28(21)33-15-18-4-6-19(7-5-18)29(37)36-20-8-9-32-27(30)12-20/h4-9,12-14,17,23-24,31H,3,10-11,15-16H2,1-2H3,(H,33,34,35)(H3,30,32,36,37). The Bertz CT molecular complexity index is 1460. The number of hydrogen-bond acceptors (Lipinski definition) is 10. The largest absolute Gasteiger partial charge is 0.493 e. The van der Waals surface area contributed by atoms with Crippen molar-refractivity contribution < 1.29 is 19.0 Å². The average Bonchev–Trinajstić information content (AvgIpc) is 2.99. The number of methoxy groups -OCH3 is 1. The molecule has 11 heteroatoms. The van der Waals surface area contributed by atoms with Crippen LogP contribution >= 0.6 is 0 Å². The number of morpholine rings is 1. The fourth-order valence-electron chi connectivity index (χ4n) is 4.58. The number of fused-ring (bicyclic) bond motifs is 1. The monoisotopic (exact) mass is 543 g/mol. The number of rotatable bonds is 10. The zero-order valence-electron chi connectivity index (χ0n) is 22.5. The quantitative estimate of drug-likeness (QED) is 0.234. The lowest BCUT2D eigenvalue weighted by molar-refractivity contribution is 0.0259. The average molecular weight is 544 g/mol. The van der Waals surface area contributed by atoms with Crippen LogP contribution in [0.4, 0.5) is 17.3 Å².